The quantitative estimate of drug-likeness (QED) is 0.639. The Bertz CT molecular complexity index is 517. The molecule has 0 aliphatic heterocycles. The number of hydrogen-bond donors (Lipinski definition) is 2. The molecule has 0 aromatic carbocycles. The predicted molar refractivity (Wildman–Crippen MR) is 64.0 cm³/mol. The zero-order valence-corrected chi connectivity index (χ0v) is 9.61. The lowest BCUT2D eigenvalue weighted by molar-refractivity contribution is 0.0959. The number of amides is 1. The van der Waals surface area contributed by atoms with Crippen molar-refractivity contribution in [1.82, 2.24) is 5.43 Å². The van der Waals surface area contributed by atoms with Gasteiger partial charge in [0.2, 0.25) is 0 Å². The fourth-order valence-electron chi connectivity index (χ4n) is 1.17. The molecule has 0 fully saturated rings. The minimum Gasteiger partial charge on any atom is -0.458 e. The van der Waals surface area contributed by atoms with Crippen molar-refractivity contribution in [2.75, 3.05) is 0 Å². The van der Waals surface area contributed by atoms with Crippen molar-refractivity contribution in [1.29, 1.82) is 0 Å². The van der Waals surface area contributed by atoms with Crippen LogP contribution in [0.5, 0.6) is 0 Å². The van der Waals surface area contributed by atoms with Crippen molar-refractivity contribution in [2.45, 2.75) is 6.61 Å². The molecule has 0 aliphatic carbocycles. The summed E-state index contributed by atoms with van der Waals surface area (Å²) in [6.07, 6.45) is 1.38. The number of hydrogen-bond acceptors (Lipinski definition) is 5. The molecule has 2 heterocycles. The molecular formula is C11H10N2O3S. The molecule has 0 saturated carbocycles. The fourth-order valence-corrected chi connectivity index (χ4v) is 1.78. The van der Waals surface area contributed by atoms with E-state index in [0.717, 1.165) is 0 Å². The summed E-state index contributed by atoms with van der Waals surface area (Å²) in [6.45, 7) is -0.157. The Hall–Kier alpha value is -1.92. The number of carbonyl (C=O) groups excluding carboxylic acids is 1. The molecular weight excluding hydrogens is 240 g/mol. The van der Waals surface area contributed by atoms with Crippen molar-refractivity contribution < 1.29 is 14.3 Å². The lowest BCUT2D eigenvalue weighted by Crippen LogP contribution is -2.15. The first-order valence-corrected chi connectivity index (χ1v) is 5.74. The standard InChI is InChI=1S/C11H10N2O3S/c14-7-9-4-3-8(16-9)6-12-13-11(15)10-2-1-5-17-10/h1-6,14H,7H2,(H,13,15)/b12-6+. The molecule has 2 aromatic rings. The molecule has 2 rings (SSSR count). The lowest BCUT2D eigenvalue weighted by atomic mass is 10.4. The molecule has 0 saturated heterocycles. The zero-order chi connectivity index (χ0) is 12.1. The molecule has 2 N–H and O–H groups in total. The fraction of sp³-hybridized carbons (Fsp3) is 0.0909. The predicted octanol–water partition coefficient (Wildman–Crippen LogP) is 1.60. The number of nitrogens with one attached hydrogen (secondary N) is 1. The van der Waals surface area contributed by atoms with Crippen molar-refractivity contribution in [3.8, 4) is 0 Å². The molecule has 0 aliphatic rings. The van der Waals surface area contributed by atoms with Gasteiger partial charge in [-0.1, -0.05) is 6.07 Å². The molecule has 5 nitrogen and oxygen atoms in total. The van der Waals surface area contributed by atoms with Gasteiger partial charge in [-0.15, -0.1) is 11.3 Å². The van der Waals surface area contributed by atoms with Gasteiger partial charge >= 0.3 is 0 Å². The van der Waals surface area contributed by atoms with Gasteiger partial charge in [0.25, 0.3) is 5.91 Å². The van der Waals surface area contributed by atoms with Crippen molar-refractivity contribution in [3.05, 3.63) is 46.0 Å². The molecule has 88 valence electrons. The topological polar surface area (TPSA) is 74.8 Å². The molecule has 0 bridgehead atoms. The number of nitrogens with zero attached hydrogens (tertiary/aromatic N) is 1. The Balaban J connectivity index is 1.91. The van der Waals surface area contributed by atoms with Crippen LogP contribution in [0.1, 0.15) is 21.2 Å². The van der Waals surface area contributed by atoms with Crippen LogP contribution in [0.25, 0.3) is 0 Å². The normalized spacial score (nSPS) is 10.9. The van der Waals surface area contributed by atoms with Gasteiger partial charge in [-0.05, 0) is 23.6 Å². The highest BCUT2D eigenvalue weighted by molar-refractivity contribution is 7.12. The largest absolute Gasteiger partial charge is 0.458 e. The SMILES string of the molecule is O=C(N/N=C/c1ccc(CO)o1)c1cccs1. The van der Waals surface area contributed by atoms with E-state index in [2.05, 4.69) is 10.5 Å². The molecule has 0 atom stereocenters. The van der Waals surface area contributed by atoms with E-state index in [4.69, 9.17) is 9.52 Å². The molecule has 0 spiro atoms. The minimum absolute atomic E-state index is 0.157. The summed E-state index contributed by atoms with van der Waals surface area (Å²) in [5.74, 6) is 0.668. The molecule has 0 radical (unpaired) electrons. The minimum atomic E-state index is -0.259. The zero-order valence-electron chi connectivity index (χ0n) is 8.79. The summed E-state index contributed by atoms with van der Waals surface area (Å²) in [6, 6.07) is 6.81. The number of furan rings is 1. The maximum absolute atomic E-state index is 11.5. The van der Waals surface area contributed by atoms with E-state index in [1.165, 1.54) is 17.6 Å². The number of hydrazone groups is 1. The first-order chi connectivity index (χ1) is 8.29. The van der Waals surface area contributed by atoms with Gasteiger partial charge in [0.1, 0.15) is 18.1 Å². The van der Waals surface area contributed by atoms with Crippen molar-refractivity contribution in [3.63, 3.8) is 0 Å². The van der Waals surface area contributed by atoms with Crippen LogP contribution < -0.4 is 5.43 Å². The third-order valence-corrected chi connectivity index (χ3v) is 2.81. The third-order valence-electron chi connectivity index (χ3n) is 1.94. The summed E-state index contributed by atoms with van der Waals surface area (Å²) in [4.78, 5) is 12.1. The molecule has 1 amide bonds. The first kappa shape index (κ1) is 11.6. The van der Waals surface area contributed by atoms with Crippen molar-refractivity contribution >= 4 is 23.5 Å². The molecule has 17 heavy (non-hydrogen) atoms. The van der Waals surface area contributed by atoms with E-state index in [-0.39, 0.29) is 12.5 Å². The van der Waals surface area contributed by atoms with Crippen LogP contribution in [0.15, 0.2) is 39.2 Å². The highest BCUT2D eigenvalue weighted by Crippen LogP contribution is 2.08. The van der Waals surface area contributed by atoms with E-state index in [1.807, 2.05) is 5.38 Å². The van der Waals surface area contributed by atoms with Crippen LogP contribution >= 0.6 is 11.3 Å². The monoisotopic (exact) mass is 250 g/mol. The highest BCUT2D eigenvalue weighted by Gasteiger charge is 2.04. The average Bonchev–Trinajstić information content (AvgIpc) is 3.00. The first-order valence-electron chi connectivity index (χ1n) is 4.86. The summed E-state index contributed by atoms with van der Waals surface area (Å²) >= 11 is 1.34. The van der Waals surface area contributed by atoms with Crippen LogP contribution in [0.4, 0.5) is 0 Å². The summed E-state index contributed by atoms with van der Waals surface area (Å²) < 4.78 is 5.16. The lowest BCUT2D eigenvalue weighted by Gasteiger charge is -1.94. The van der Waals surface area contributed by atoms with Gasteiger partial charge in [-0.3, -0.25) is 4.79 Å². The van der Waals surface area contributed by atoms with Crippen LogP contribution in [0.2, 0.25) is 0 Å². The summed E-state index contributed by atoms with van der Waals surface area (Å²) in [5.41, 5.74) is 2.38. The van der Waals surface area contributed by atoms with Gasteiger partial charge in [0, 0.05) is 0 Å². The van der Waals surface area contributed by atoms with Gasteiger partial charge in [0.15, 0.2) is 0 Å². The Morgan fingerprint density at radius 3 is 3.06 bits per heavy atom. The van der Waals surface area contributed by atoms with E-state index in [1.54, 1.807) is 24.3 Å². The van der Waals surface area contributed by atoms with Gasteiger partial charge < -0.3 is 9.52 Å². The second kappa shape index (κ2) is 5.42. The van der Waals surface area contributed by atoms with Crippen LogP contribution in [-0.4, -0.2) is 17.2 Å². The smallest absolute Gasteiger partial charge is 0.281 e. The Kier molecular flexibility index (Phi) is 3.69. The second-order valence-electron chi connectivity index (χ2n) is 3.14. The van der Waals surface area contributed by atoms with Crippen LogP contribution in [-0.2, 0) is 6.61 Å². The van der Waals surface area contributed by atoms with Crippen LogP contribution in [0.3, 0.4) is 0 Å². The van der Waals surface area contributed by atoms with Gasteiger partial charge in [0.05, 0.1) is 11.1 Å². The number of aliphatic hydroxyl groups excluding tert-OH is 1. The van der Waals surface area contributed by atoms with E-state index in [9.17, 15) is 4.79 Å². The average molecular weight is 250 g/mol. The second-order valence-corrected chi connectivity index (χ2v) is 4.09. The van der Waals surface area contributed by atoms with Crippen LogP contribution in [0, 0.1) is 0 Å². The Labute approximate surface area is 101 Å². The Morgan fingerprint density at radius 1 is 1.53 bits per heavy atom. The summed E-state index contributed by atoms with van der Waals surface area (Å²) in [5, 5.41) is 14.4. The molecule has 0 unspecified atom stereocenters. The van der Waals surface area contributed by atoms with E-state index < -0.39 is 0 Å². The Morgan fingerprint density at radius 2 is 2.41 bits per heavy atom. The number of carbonyl (C=O) groups is 1. The van der Waals surface area contributed by atoms with Gasteiger partial charge in [-0.25, -0.2) is 5.43 Å². The maximum Gasteiger partial charge on any atom is 0.281 e. The molecule has 6 heteroatoms. The number of aliphatic hydroxyl groups is 1. The highest BCUT2D eigenvalue weighted by atomic mass is 32.1. The number of thiophene rings is 1. The number of rotatable bonds is 4. The maximum atomic E-state index is 11.5. The third kappa shape index (κ3) is 3.02. The summed E-state index contributed by atoms with van der Waals surface area (Å²) in [7, 11) is 0. The van der Waals surface area contributed by atoms with Gasteiger partial charge in [-0.2, -0.15) is 5.10 Å². The van der Waals surface area contributed by atoms with Crippen molar-refractivity contribution in [2.24, 2.45) is 5.10 Å². The molecule has 2 aromatic heterocycles. The van der Waals surface area contributed by atoms with E-state index >= 15 is 0 Å². The van der Waals surface area contributed by atoms with E-state index in [0.29, 0.717) is 16.4 Å².